The van der Waals surface area contributed by atoms with Crippen LogP contribution in [0, 0.1) is 6.92 Å². The zero-order valence-electron chi connectivity index (χ0n) is 11.6. The minimum Gasteiger partial charge on any atom is -0.385 e. The van der Waals surface area contributed by atoms with Crippen LogP contribution in [0.2, 0.25) is 0 Å². The van der Waals surface area contributed by atoms with E-state index in [0.29, 0.717) is 6.04 Å². The van der Waals surface area contributed by atoms with Crippen LogP contribution in [0.4, 0.5) is 5.95 Å². The Hall–Kier alpha value is -1.03. The van der Waals surface area contributed by atoms with Gasteiger partial charge < -0.3 is 14.6 Å². The van der Waals surface area contributed by atoms with E-state index < -0.39 is 0 Å². The lowest BCUT2D eigenvalue weighted by Crippen LogP contribution is -2.16. The highest BCUT2D eigenvalue weighted by molar-refractivity contribution is 5.29. The third-order valence-corrected chi connectivity index (χ3v) is 3.63. The highest BCUT2D eigenvalue weighted by atomic mass is 16.5. The van der Waals surface area contributed by atoms with Crippen LogP contribution in [0.25, 0.3) is 0 Å². The molecule has 1 aromatic heterocycles. The number of aromatic nitrogens is 2. The van der Waals surface area contributed by atoms with Crippen LogP contribution in [0.15, 0.2) is 6.20 Å². The first kappa shape index (κ1) is 13.4. The van der Waals surface area contributed by atoms with Crippen LogP contribution in [0.1, 0.15) is 50.3 Å². The molecule has 1 aliphatic rings. The first-order valence-electron chi connectivity index (χ1n) is 7.09. The molecule has 0 amide bonds. The van der Waals surface area contributed by atoms with Crippen molar-refractivity contribution >= 4 is 5.95 Å². The van der Waals surface area contributed by atoms with Crippen LogP contribution in [0.3, 0.4) is 0 Å². The molecule has 1 N–H and O–H groups in total. The van der Waals surface area contributed by atoms with Crippen LogP contribution in [-0.2, 0) is 4.74 Å². The van der Waals surface area contributed by atoms with Crippen molar-refractivity contribution in [3.05, 3.63) is 11.9 Å². The molecule has 1 aromatic rings. The van der Waals surface area contributed by atoms with E-state index in [-0.39, 0.29) is 0 Å². The molecule has 1 aliphatic carbocycles. The molecule has 0 radical (unpaired) electrons. The van der Waals surface area contributed by atoms with E-state index in [1.165, 1.54) is 32.1 Å². The molecule has 4 nitrogen and oxygen atoms in total. The van der Waals surface area contributed by atoms with Crippen LogP contribution in [0.5, 0.6) is 0 Å². The lowest BCUT2D eigenvalue weighted by atomic mass is 9.95. The molecule has 0 spiro atoms. The minimum absolute atomic E-state index is 0.643. The zero-order chi connectivity index (χ0) is 12.8. The molecule has 0 unspecified atom stereocenters. The summed E-state index contributed by atoms with van der Waals surface area (Å²) in [4.78, 5) is 4.59. The Morgan fingerprint density at radius 1 is 1.39 bits per heavy atom. The van der Waals surface area contributed by atoms with Gasteiger partial charge in [0.05, 0.1) is 5.69 Å². The molecule has 2 rings (SSSR count). The normalized spacial score (nSPS) is 17.0. The molecule has 18 heavy (non-hydrogen) atoms. The van der Waals surface area contributed by atoms with E-state index in [1.54, 1.807) is 7.11 Å². The fraction of sp³-hybridized carbons (Fsp3) is 0.786. The number of hydrogen-bond donors (Lipinski definition) is 1. The van der Waals surface area contributed by atoms with Gasteiger partial charge in [-0.2, -0.15) is 0 Å². The van der Waals surface area contributed by atoms with Gasteiger partial charge >= 0.3 is 0 Å². The largest absolute Gasteiger partial charge is 0.385 e. The Morgan fingerprint density at radius 2 is 2.17 bits per heavy atom. The Labute approximate surface area is 110 Å². The summed E-state index contributed by atoms with van der Waals surface area (Å²) in [6.07, 6.45) is 9.89. The Bertz CT molecular complexity index is 356. The molecular weight excluding hydrogens is 226 g/mol. The van der Waals surface area contributed by atoms with E-state index in [9.17, 15) is 0 Å². The van der Waals surface area contributed by atoms with Crippen molar-refractivity contribution in [1.82, 2.24) is 9.55 Å². The number of methoxy groups -OCH3 is 1. The molecule has 1 heterocycles. The smallest absolute Gasteiger partial charge is 0.203 e. The predicted octanol–water partition coefficient (Wildman–Crippen LogP) is 3.15. The predicted molar refractivity (Wildman–Crippen MR) is 74.1 cm³/mol. The number of imidazole rings is 1. The quantitative estimate of drug-likeness (QED) is 0.789. The van der Waals surface area contributed by atoms with Crippen molar-refractivity contribution in [2.75, 3.05) is 25.6 Å². The number of ether oxygens (including phenoxy) is 1. The van der Waals surface area contributed by atoms with Crippen molar-refractivity contribution in [1.29, 1.82) is 0 Å². The van der Waals surface area contributed by atoms with E-state index in [0.717, 1.165) is 31.2 Å². The molecule has 0 atom stereocenters. The highest BCUT2D eigenvalue weighted by Crippen LogP contribution is 2.30. The monoisotopic (exact) mass is 251 g/mol. The molecule has 1 fully saturated rings. The first-order chi connectivity index (χ1) is 8.81. The van der Waals surface area contributed by atoms with Gasteiger partial charge in [-0.15, -0.1) is 0 Å². The second-order valence-electron chi connectivity index (χ2n) is 5.18. The second kappa shape index (κ2) is 6.78. The van der Waals surface area contributed by atoms with Gasteiger partial charge in [0.25, 0.3) is 0 Å². The molecule has 0 aromatic carbocycles. The average molecular weight is 251 g/mol. The summed E-state index contributed by atoms with van der Waals surface area (Å²) in [6, 6.07) is 0.643. The Balaban J connectivity index is 1.95. The van der Waals surface area contributed by atoms with Crippen molar-refractivity contribution < 1.29 is 4.74 Å². The van der Waals surface area contributed by atoms with Gasteiger partial charge in [0.2, 0.25) is 5.95 Å². The van der Waals surface area contributed by atoms with Crippen molar-refractivity contribution in [2.24, 2.45) is 0 Å². The van der Waals surface area contributed by atoms with Gasteiger partial charge in [-0.25, -0.2) is 4.98 Å². The van der Waals surface area contributed by atoms with Gasteiger partial charge in [-0.1, -0.05) is 19.3 Å². The van der Waals surface area contributed by atoms with Gasteiger partial charge in [-0.05, 0) is 26.2 Å². The topological polar surface area (TPSA) is 39.1 Å². The van der Waals surface area contributed by atoms with Gasteiger partial charge in [0.1, 0.15) is 0 Å². The van der Waals surface area contributed by atoms with E-state index >= 15 is 0 Å². The van der Waals surface area contributed by atoms with Crippen LogP contribution >= 0.6 is 0 Å². The number of rotatable bonds is 6. The zero-order valence-corrected chi connectivity index (χ0v) is 11.6. The van der Waals surface area contributed by atoms with Crippen molar-refractivity contribution in [3.63, 3.8) is 0 Å². The van der Waals surface area contributed by atoms with Gasteiger partial charge in [0.15, 0.2) is 0 Å². The number of nitrogens with zero attached hydrogens (tertiary/aromatic N) is 2. The summed E-state index contributed by atoms with van der Waals surface area (Å²) in [6.45, 7) is 3.80. The number of aryl methyl sites for hydroxylation is 1. The molecule has 1 saturated carbocycles. The molecule has 102 valence electrons. The minimum atomic E-state index is 0.643. The third-order valence-electron chi connectivity index (χ3n) is 3.63. The van der Waals surface area contributed by atoms with Crippen LogP contribution in [-0.4, -0.2) is 29.8 Å². The lowest BCUT2D eigenvalue weighted by molar-refractivity contribution is 0.197. The van der Waals surface area contributed by atoms with Gasteiger partial charge in [0, 0.05) is 32.5 Å². The third kappa shape index (κ3) is 3.48. The standard InChI is InChI=1S/C14H25N3O/c1-12-11-17(13-7-4-3-5-8-13)14(16-12)15-9-6-10-18-2/h11,13H,3-10H2,1-2H3,(H,15,16). The first-order valence-corrected chi connectivity index (χ1v) is 7.09. The van der Waals surface area contributed by atoms with E-state index in [2.05, 4.69) is 28.0 Å². The summed E-state index contributed by atoms with van der Waals surface area (Å²) in [5, 5.41) is 3.44. The summed E-state index contributed by atoms with van der Waals surface area (Å²) in [5.41, 5.74) is 1.11. The second-order valence-corrected chi connectivity index (χ2v) is 5.18. The summed E-state index contributed by atoms with van der Waals surface area (Å²) >= 11 is 0. The maximum atomic E-state index is 5.06. The Morgan fingerprint density at radius 3 is 2.89 bits per heavy atom. The molecule has 0 aliphatic heterocycles. The molecular formula is C14H25N3O. The summed E-state index contributed by atoms with van der Waals surface area (Å²) in [5.74, 6) is 1.04. The fourth-order valence-corrected chi connectivity index (χ4v) is 2.70. The summed E-state index contributed by atoms with van der Waals surface area (Å²) < 4.78 is 7.41. The fourth-order valence-electron chi connectivity index (χ4n) is 2.70. The maximum Gasteiger partial charge on any atom is 0.203 e. The number of anilines is 1. The number of nitrogens with one attached hydrogen (secondary N) is 1. The van der Waals surface area contributed by atoms with Crippen LogP contribution < -0.4 is 5.32 Å². The van der Waals surface area contributed by atoms with E-state index in [4.69, 9.17) is 4.74 Å². The van der Waals surface area contributed by atoms with Crippen molar-refractivity contribution in [3.8, 4) is 0 Å². The number of hydrogen-bond acceptors (Lipinski definition) is 3. The van der Waals surface area contributed by atoms with Crippen molar-refractivity contribution in [2.45, 2.75) is 51.5 Å². The molecule has 4 heteroatoms. The maximum absolute atomic E-state index is 5.06. The molecule has 0 bridgehead atoms. The molecule has 0 saturated heterocycles. The van der Waals surface area contributed by atoms with E-state index in [1.807, 2.05) is 0 Å². The highest BCUT2D eigenvalue weighted by Gasteiger charge is 2.18. The lowest BCUT2D eigenvalue weighted by Gasteiger charge is -2.24. The SMILES string of the molecule is COCCCNc1nc(C)cn1C1CCCCC1. The van der Waals surface area contributed by atoms with Gasteiger partial charge in [-0.3, -0.25) is 0 Å². The summed E-state index contributed by atoms with van der Waals surface area (Å²) in [7, 11) is 1.74. The average Bonchev–Trinajstić information content (AvgIpc) is 2.77. The Kier molecular flexibility index (Phi) is 5.05.